The molecule has 0 spiro atoms. The Morgan fingerprint density at radius 1 is 1.19 bits per heavy atom. The lowest BCUT2D eigenvalue weighted by molar-refractivity contribution is 0.0851. The van der Waals surface area contributed by atoms with Gasteiger partial charge in [0.15, 0.2) is 0 Å². The van der Waals surface area contributed by atoms with Crippen molar-refractivity contribution in [1.82, 2.24) is 15.5 Å². The van der Waals surface area contributed by atoms with Gasteiger partial charge in [-0.25, -0.2) is 0 Å². The topological polar surface area (TPSA) is 47.0 Å². The molecule has 5 heteroatoms. The zero-order chi connectivity index (χ0) is 10.8. The van der Waals surface area contributed by atoms with Gasteiger partial charge >= 0.3 is 0 Å². The fourth-order valence-electron chi connectivity index (χ4n) is 1.97. The van der Waals surface area contributed by atoms with Gasteiger partial charge in [0.25, 0.3) is 0 Å². The molecule has 1 N–H and O–H groups in total. The summed E-state index contributed by atoms with van der Waals surface area (Å²) < 4.78 is 5.36. The van der Waals surface area contributed by atoms with Gasteiger partial charge in [-0.2, -0.15) is 0 Å². The first kappa shape index (κ1) is 10.6. The maximum Gasteiger partial charge on any atom is 0.131 e. The molecule has 1 aliphatic carbocycles. The smallest absolute Gasteiger partial charge is 0.131 e. The highest BCUT2D eigenvalue weighted by Crippen LogP contribution is 2.29. The first-order chi connectivity index (χ1) is 7.92. The lowest BCUT2D eigenvalue weighted by Crippen LogP contribution is -2.14. The molecule has 0 atom stereocenters. The van der Waals surface area contributed by atoms with Crippen LogP contribution in [0, 0.1) is 0 Å². The molecule has 0 amide bonds. The Kier molecular flexibility index (Phi) is 3.17. The third-order valence-corrected chi connectivity index (χ3v) is 4.26. The second-order valence-corrected chi connectivity index (χ2v) is 5.67. The van der Waals surface area contributed by atoms with Gasteiger partial charge in [-0.1, -0.05) is 11.3 Å². The standard InChI is InChI=1S/C11H17N3OS/c1-2-9(1)12-7-10-13-14-11(16-10)8-3-5-15-6-4-8/h8-9,12H,1-7H2. The summed E-state index contributed by atoms with van der Waals surface area (Å²) in [5.74, 6) is 0.584. The van der Waals surface area contributed by atoms with Gasteiger partial charge in [-0.05, 0) is 25.7 Å². The fourth-order valence-corrected chi connectivity index (χ4v) is 2.93. The van der Waals surface area contributed by atoms with E-state index in [1.165, 1.54) is 17.8 Å². The van der Waals surface area contributed by atoms with E-state index in [-0.39, 0.29) is 0 Å². The number of nitrogens with zero attached hydrogens (tertiary/aromatic N) is 2. The van der Waals surface area contributed by atoms with Crippen molar-refractivity contribution in [3.05, 3.63) is 10.0 Å². The summed E-state index contributed by atoms with van der Waals surface area (Å²) in [7, 11) is 0. The molecule has 0 radical (unpaired) electrons. The SMILES string of the molecule is C1CC(c2nnc(CNC3CC3)s2)CCO1. The number of ether oxygens (including phenoxy) is 1. The summed E-state index contributed by atoms with van der Waals surface area (Å²) in [6.07, 6.45) is 4.85. The Bertz CT molecular complexity index is 345. The zero-order valence-corrected chi connectivity index (χ0v) is 10.1. The van der Waals surface area contributed by atoms with Crippen LogP contribution in [0.5, 0.6) is 0 Å². The van der Waals surface area contributed by atoms with Crippen molar-refractivity contribution < 1.29 is 4.74 Å². The van der Waals surface area contributed by atoms with Gasteiger partial charge < -0.3 is 10.1 Å². The summed E-state index contributed by atoms with van der Waals surface area (Å²) in [5, 5.41) is 14.4. The summed E-state index contributed by atoms with van der Waals surface area (Å²) in [6.45, 7) is 2.64. The molecule has 0 unspecified atom stereocenters. The second-order valence-electron chi connectivity index (χ2n) is 4.58. The molecule has 88 valence electrons. The molecule has 16 heavy (non-hydrogen) atoms. The van der Waals surface area contributed by atoms with Crippen LogP contribution in [0.3, 0.4) is 0 Å². The van der Waals surface area contributed by atoms with Crippen LogP contribution in [0.25, 0.3) is 0 Å². The molecular weight excluding hydrogens is 222 g/mol. The highest BCUT2D eigenvalue weighted by molar-refractivity contribution is 7.11. The quantitative estimate of drug-likeness (QED) is 0.868. The average molecular weight is 239 g/mol. The Morgan fingerprint density at radius 3 is 2.75 bits per heavy atom. The number of aromatic nitrogens is 2. The van der Waals surface area contributed by atoms with Gasteiger partial charge in [0.05, 0.1) is 0 Å². The van der Waals surface area contributed by atoms with Crippen molar-refractivity contribution in [3.8, 4) is 0 Å². The molecule has 1 aliphatic heterocycles. The van der Waals surface area contributed by atoms with Gasteiger partial charge in [-0.3, -0.25) is 0 Å². The number of hydrogen-bond acceptors (Lipinski definition) is 5. The first-order valence-electron chi connectivity index (χ1n) is 6.05. The third-order valence-electron chi connectivity index (χ3n) is 3.17. The van der Waals surface area contributed by atoms with Crippen LogP contribution in [0.15, 0.2) is 0 Å². The number of rotatable bonds is 4. The van der Waals surface area contributed by atoms with E-state index in [1.807, 2.05) is 0 Å². The molecule has 1 aromatic heterocycles. The van der Waals surface area contributed by atoms with Crippen molar-refractivity contribution in [2.24, 2.45) is 0 Å². The fraction of sp³-hybridized carbons (Fsp3) is 0.818. The first-order valence-corrected chi connectivity index (χ1v) is 6.87. The molecule has 4 nitrogen and oxygen atoms in total. The highest BCUT2D eigenvalue weighted by Gasteiger charge is 2.22. The molecule has 1 saturated carbocycles. The van der Waals surface area contributed by atoms with E-state index in [9.17, 15) is 0 Å². The van der Waals surface area contributed by atoms with Crippen LogP contribution in [-0.2, 0) is 11.3 Å². The minimum absolute atomic E-state index is 0.584. The molecule has 2 aliphatic rings. The Balaban J connectivity index is 1.57. The molecular formula is C11H17N3OS. The molecule has 0 aromatic carbocycles. The van der Waals surface area contributed by atoms with Crippen LogP contribution >= 0.6 is 11.3 Å². The van der Waals surface area contributed by atoms with E-state index < -0.39 is 0 Å². The average Bonchev–Trinajstić information content (AvgIpc) is 3.05. The largest absolute Gasteiger partial charge is 0.381 e. The minimum Gasteiger partial charge on any atom is -0.381 e. The van der Waals surface area contributed by atoms with Gasteiger partial charge in [0.2, 0.25) is 0 Å². The number of hydrogen-bond donors (Lipinski definition) is 1. The van der Waals surface area contributed by atoms with Crippen molar-refractivity contribution in [1.29, 1.82) is 0 Å². The predicted octanol–water partition coefficient (Wildman–Crippen LogP) is 1.68. The van der Waals surface area contributed by atoms with E-state index >= 15 is 0 Å². The zero-order valence-electron chi connectivity index (χ0n) is 9.32. The Hall–Kier alpha value is -0.520. The molecule has 1 saturated heterocycles. The summed E-state index contributed by atoms with van der Waals surface area (Å²) >= 11 is 1.77. The summed E-state index contributed by atoms with van der Waals surface area (Å²) in [6, 6.07) is 0.746. The van der Waals surface area contributed by atoms with Gasteiger partial charge in [0.1, 0.15) is 10.0 Å². The maximum absolute atomic E-state index is 5.36. The van der Waals surface area contributed by atoms with E-state index in [1.54, 1.807) is 11.3 Å². The minimum atomic E-state index is 0.584. The molecule has 0 bridgehead atoms. The van der Waals surface area contributed by atoms with Crippen LogP contribution in [0.1, 0.15) is 41.6 Å². The number of nitrogens with one attached hydrogen (secondary N) is 1. The van der Waals surface area contributed by atoms with Gasteiger partial charge in [0, 0.05) is 31.7 Å². The van der Waals surface area contributed by atoms with Crippen LogP contribution in [-0.4, -0.2) is 29.5 Å². The van der Waals surface area contributed by atoms with Crippen molar-refractivity contribution in [2.45, 2.75) is 44.2 Å². The van der Waals surface area contributed by atoms with Crippen molar-refractivity contribution in [3.63, 3.8) is 0 Å². The highest BCUT2D eigenvalue weighted by atomic mass is 32.1. The third kappa shape index (κ3) is 2.59. The maximum atomic E-state index is 5.36. The van der Waals surface area contributed by atoms with E-state index in [4.69, 9.17) is 4.74 Å². The second kappa shape index (κ2) is 4.77. The molecule has 2 heterocycles. The van der Waals surface area contributed by atoms with Gasteiger partial charge in [-0.15, -0.1) is 10.2 Å². The Morgan fingerprint density at radius 2 is 2.00 bits per heavy atom. The van der Waals surface area contributed by atoms with Crippen LogP contribution < -0.4 is 5.32 Å². The van der Waals surface area contributed by atoms with E-state index in [0.717, 1.165) is 43.6 Å². The molecule has 2 fully saturated rings. The van der Waals surface area contributed by atoms with Crippen LogP contribution in [0.4, 0.5) is 0 Å². The van der Waals surface area contributed by atoms with E-state index in [2.05, 4.69) is 15.5 Å². The normalized spacial score (nSPS) is 22.5. The van der Waals surface area contributed by atoms with Crippen molar-refractivity contribution in [2.75, 3.05) is 13.2 Å². The Labute approximate surface area is 99.4 Å². The van der Waals surface area contributed by atoms with Crippen LogP contribution in [0.2, 0.25) is 0 Å². The van der Waals surface area contributed by atoms with Crippen molar-refractivity contribution >= 4 is 11.3 Å². The monoisotopic (exact) mass is 239 g/mol. The predicted molar refractivity (Wildman–Crippen MR) is 62.6 cm³/mol. The molecule has 3 rings (SSSR count). The summed E-state index contributed by atoms with van der Waals surface area (Å²) in [5.41, 5.74) is 0. The lowest BCUT2D eigenvalue weighted by Gasteiger charge is -2.18. The molecule has 1 aromatic rings. The summed E-state index contributed by atoms with van der Waals surface area (Å²) in [4.78, 5) is 0. The lowest BCUT2D eigenvalue weighted by atomic mass is 10.0. The van der Waals surface area contributed by atoms with E-state index in [0.29, 0.717) is 5.92 Å².